The third kappa shape index (κ3) is 4.99. The number of sulfonamides is 1. The van der Waals surface area contributed by atoms with Crippen LogP contribution in [-0.4, -0.2) is 20.9 Å². The number of carbonyl (C=O) groups is 1. The second-order valence-electron chi connectivity index (χ2n) is 5.37. The normalized spacial score (nSPS) is 11.2. The van der Waals surface area contributed by atoms with E-state index < -0.39 is 26.6 Å². The summed E-state index contributed by atoms with van der Waals surface area (Å²) in [5.41, 5.74) is 0.599. The number of halogens is 2. The Kier molecular flexibility index (Phi) is 6.08. The molecule has 8 heteroatoms. The molecule has 0 radical (unpaired) electrons. The predicted molar refractivity (Wildman–Crippen MR) is 90.8 cm³/mol. The summed E-state index contributed by atoms with van der Waals surface area (Å²) in [6.45, 7) is 2.58. The zero-order valence-electron chi connectivity index (χ0n) is 13.6. The zero-order valence-corrected chi connectivity index (χ0v) is 14.4. The first-order valence-corrected chi connectivity index (χ1v) is 9.18. The molecule has 0 atom stereocenters. The summed E-state index contributed by atoms with van der Waals surface area (Å²) >= 11 is 0. The second-order valence-corrected chi connectivity index (χ2v) is 7.05. The smallest absolute Gasteiger partial charge is 0.261 e. The Labute approximate surface area is 145 Å². The van der Waals surface area contributed by atoms with E-state index in [9.17, 15) is 22.0 Å². The van der Waals surface area contributed by atoms with Gasteiger partial charge in [0, 0.05) is 17.8 Å². The van der Waals surface area contributed by atoms with Crippen LogP contribution in [0.15, 0.2) is 47.4 Å². The van der Waals surface area contributed by atoms with Crippen molar-refractivity contribution in [3.05, 3.63) is 59.7 Å². The van der Waals surface area contributed by atoms with Gasteiger partial charge in [-0.1, -0.05) is 13.3 Å². The minimum Gasteiger partial charge on any atom is -0.352 e. The quantitative estimate of drug-likeness (QED) is 0.737. The lowest BCUT2D eigenvalue weighted by atomic mass is 10.2. The van der Waals surface area contributed by atoms with Crippen LogP contribution in [0.2, 0.25) is 0 Å². The molecule has 2 aromatic carbocycles. The van der Waals surface area contributed by atoms with Gasteiger partial charge in [-0.25, -0.2) is 17.2 Å². The Morgan fingerprint density at radius 2 is 1.72 bits per heavy atom. The SMILES string of the molecule is CCCCNC(=O)c1ccc(NS(=O)(=O)c2ccc(F)c(F)c2)cc1. The Hall–Kier alpha value is -2.48. The summed E-state index contributed by atoms with van der Waals surface area (Å²) in [5.74, 6) is -2.62. The van der Waals surface area contributed by atoms with E-state index in [2.05, 4.69) is 10.0 Å². The molecule has 0 aliphatic rings. The minimum atomic E-state index is -4.06. The fourth-order valence-corrected chi connectivity index (χ4v) is 3.10. The van der Waals surface area contributed by atoms with E-state index in [0.717, 1.165) is 25.0 Å². The highest BCUT2D eigenvalue weighted by Crippen LogP contribution is 2.18. The monoisotopic (exact) mass is 368 g/mol. The summed E-state index contributed by atoms with van der Waals surface area (Å²) in [6, 6.07) is 8.12. The van der Waals surface area contributed by atoms with Crippen molar-refractivity contribution in [2.24, 2.45) is 0 Å². The molecule has 0 aliphatic carbocycles. The molecule has 0 saturated carbocycles. The van der Waals surface area contributed by atoms with Gasteiger partial charge in [0.25, 0.3) is 15.9 Å². The van der Waals surface area contributed by atoms with Gasteiger partial charge in [-0.15, -0.1) is 0 Å². The molecule has 1 amide bonds. The number of hydrogen-bond acceptors (Lipinski definition) is 3. The van der Waals surface area contributed by atoms with Crippen molar-refractivity contribution in [1.82, 2.24) is 5.32 Å². The molecule has 0 aromatic heterocycles. The molecule has 2 N–H and O–H groups in total. The molecule has 0 bridgehead atoms. The molecule has 0 unspecified atom stereocenters. The number of benzene rings is 2. The molecular weight excluding hydrogens is 350 g/mol. The summed E-state index contributed by atoms with van der Waals surface area (Å²) in [6.07, 6.45) is 1.84. The molecule has 0 saturated heterocycles. The van der Waals surface area contributed by atoms with E-state index in [1.165, 1.54) is 24.3 Å². The standard InChI is InChI=1S/C17H18F2N2O3S/c1-2-3-10-20-17(22)12-4-6-13(7-5-12)21-25(23,24)14-8-9-15(18)16(19)11-14/h4-9,11,21H,2-3,10H2,1H3,(H,20,22). The van der Waals surface area contributed by atoms with Gasteiger partial charge in [-0.3, -0.25) is 9.52 Å². The van der Waals surface area contributed by atoms with Gasteiger partial charge in [-0.2, -0.15) is 0 Å². The third-order valence-electron chi connectivity index (χ3n) is 3.42. The molecule has 25 heavy (non-hydrogen) atoms. The summed E-state index contributed by atoms with van der Waals surface area (Å²) in [5, 5.41) is 2.75. The molecule has 0 heterocycles. The van der Waals surface area contributed by atoms with Crippen LogP contribution < -0.4 is 10.0 Å². The minimum absolute atomic E-state index is 0.204. The van der Waals surface area contributed by atoms with Crippen molar-refractivity contribution in [3.63, 3.8) is 0 Å². The number of amides is 1. The molecule has 2 rings (SSSR count). The van der Waals surface area contributed by atoms with E-state index >= 15 is 0 Å². The zero-order chi connectivity index (χ0) is 18.4. The predicted octanol–water partition coefficient (Wildman–Crippen LogP) is 3.30. The van der Waals surface area contributed by atoms with E-state index in [0.29, 0.717) is 18.2 Å². The number of anilines is 1. The van der Waals surface area contributed by atoms with E-state index in [1.54, 1.807) is 0 Å². The van der Waals surface area contributed by atoms with Crippen LogP contribution in [0.4, 0.5) is 14.5 Å². The van der Waals surface area contributed by atoms with Gasteiger partial charge in [0.05, 0.1) is 4.90 Å². The van der Waals surface area contributed by atoms with Crippen LogP contribution >= 0.6 is 0 Å². The van der Waals surface area contributed by atoms with Gasteiger partial charge in [0.2, 0.25) is 0 Å². The maximum absolute atomic E-state index is 13.2. The highest BCUT2D eigenvalue weighted by molar-refractivity contribution is 7.92. The van der Waals surface area contributed by atoms with Crippen molar-refractivity contribution in [2.45, 2.75) is 24.7 Å². The Balaban J connectivity index is 2.09. The lowest BCUT2D eigenvalue weighted by Crippen LogP contribution is -2.24. The molecule has 2 aromatic rings. The van der Waals surface area contributed by atoms with Gasteiger partial charge in [-0.05, 0) is 48.9 Å². The molecule has 0 fully saturated rings. The first-order valence-electron chi connectivity index (χ1n) is 7.69. The van der Waals surface area contributed by atoms with Gasteiger partial charge in [0.1, 0.15) is 0 Å². The fourth-order valence-electron chi connectivity index (χ4n) is 2.03. The maximum atomic E-state index is 13.2. The molecule has 0 aliphatic heterocycles. The summed E-state index contributed by atoms with van der Waals surface area (Å²) in [4.78, 5) is 11.5. The molecule has 134 valence electrons. The maximum Gasteiger partial charge on any atom is 0.261 e. The largest absolute Gasteiger partial charge is 0.352 e. The first-order chi connectivity index (χ1) is 11.8. The topological polar surface area (TPSA) is 75.3 Å². The van der Waals surface area contributed by atoms with Crippen LogP contribution in [0.25, 0.3) is 0 Å². The number of nitrogens with one attached hydrogen (secondary N) is 2. The third-order valence-corrected chi connectivity index (χ3v) is 4.80. The van der Waals surface area contributed by atoms with Crippen LogP contribution in [0, 0.1) is 11.6 Å². The Morgan fingerprint density at radius 1 is 1.04 bits per heavy atom. The van der Waals surface area contributed by atoms with Crippen LogP contribution in [0.5, 0.6) is 0 Å². The first kappa shape index (κ1) is 18.9. The Bertz CT molecular complexity index is 853. The van der Waals surface area contributed by atoms with Crippen LogP contribution in [0.1, 0.15) is 30.1 Å². The molecular formula is C17H18F2N2O3S. The summed E-state index contributed by atoms with van der Waals surface area (Å²) < 4.78 is 52.7. The van der Waals surface area contributed by atoms with Crippen LogP contribution in [0.3, 0.4) is 0 Å². The summed E-state index contributed by atoms with van der Waals surface area (Å²) in [7, 11) is -4.06. The molecule has 0 spiro atoms. The number of hydrogen-bond donors (Lipinski definition) is 2. The van der Waals surface area contributed by atoms with E-state index in [4.69, 9.17) is 0 Å². The number of unbranched alkanes of at least 4 members (excludes halogenated alkanes) is 1. The van der Waals surface area contributed by atoms with Crippen molar-refractivity contribution >= 4 is 21.6 Å². The average molecular weight is 368 g/mol. The van der Waals surface area contributed by atoms with Crippen molar-refractivity contribution in [2.75, 3.05) is 11.3 Å². The van der Waals surface area contributed by atoms with Crippen molar-refractivity contribution < 1.29 is 22.0 Å². The average Bonchev–Trinajstić information content (AvgIpc) is 2.57. The highest BCUT2D eigenvalue weighted by atomic mass is 32.2. The van der Waals surface area contributed by atoms with Crippen molar-refractivity contribution in [1.29, 1.82) is 0 Å². The molecule has 5 nitrogen and oxygen atoms in total. The van der Waals surface area contributed by atoms with Gasteiger partial charge in [0.15, 0.2) is 11.6 Å². The van der Waals surface area contributed by atoms with Gasteiger partial charge >= 0.3 is 0 Å². The van der Waals surface area contributed by atoms with E-state index in [1.807, 2.05) is 6.92 Å². The van der Waals surface area contributed by atoms with Crippen molar-refractivity contribution in [3.8, 4) is 0 Å². The Morgan fingerprint density at radius 3 is 2.32 bits per heavy atom. The second kappa shape index (κ2) is 8.06. The number of carbonyl (C=O) groups excluding carboxylic acids is 1. The lowest BCUT2D eigenvalue weighted by molar-refractivity contribution is 0.0953. The van der Waals surface area contributed by atoms with E-state index in [-0.39, 0.29) is 11.6 Å². The lowest BCUT2D eigenvalue weighted by Gasteiger charge is -2.09. The highest BCUT2D eigenvalue weighted by Gasteiger charge is 2.17. The fraction of sp³-hybridized carbons (Fsp3) is 0.235. The van der Waals surface area contributed by atoms with Gasteiger partial charge < -0.3 is 5.32 Å². The number of rotatable bonds is 7. The van der Waals surface area contributed by atoms with Crippen LogP contribution in [-0.2, 0) is 10.0 Å².